The molecule has 0 spiro atoms. The minimum atomic E-state index is -0.362. The van der Waals surface area contributed by atoms with Crippen LogP contribution in [0.2, 0.25) is 0 Å². The van der Waals surface area contributed by atoms with Gasteiger partial charge < -0.3 is 4.74 Å². The quantitative estimate of drug-likeness (QED) is 0.784. The van der Waals surface area contributed by atoms with Crippen molar-refractivity contribution in [1.29, 1.82) is 0 Å². The van der Waals surface area contributed by atoms with Crippen LogP contribution in [0.1, 0.15) is 35.0 Å². The van der Waals surface area contributed by atoms with Crippen LogP contribution in [0.3, 0.4) is 0 Å². The summed E-state index contributed by atoms with van der Waals surface area (Å²) in [6.45, 7) is 6.86. The Balaban J connectivity index is 1.98. The molecule has 0 saturated carbocycles. The number of thiazole rings is 1. The fraction of sp³-hybridized carbons (Fsp3) is 0.500. The number of nitrogens with zero attached hydrogens (tertiary/aromatic N) is 4. The molecule has 102 valence electrons. The molecule has 7 heteroatoms. The van der Waals surface area contributed by atoms with E-state index in [2.05, 4.69) is 28.9 Å². The van der Waals surface area contributed by atoms with E-state index < -0.39 is 0 Å². The maximum Gasteiger partial charge on any atom is 0.350 e. The summed E-state index contributed by atoms with van der Waals surface area (Å²) in [6, 6.07) is 0. The lowest BCUT2D eigenvalue weighted by Crippen LogP contribution is -2.13. The van der Waals surface area contributed by atoms with Crippen LogP contribution in [0.25, 0.3) is 0 Å². The van der Waals surface area contributed by atoms with Crippen molar-refractivity contribution in [2.75, 3.05) is 0 Å². The van der Waals surface area contributed by atoms with Gasteiger partial charge in [-0.25, -0.2) is 19.4 Å². The maximum absolute atomic E-state index is 11.8. The molecule has 0 aliphatic carbocycles. The standard InChI is InChI=1S/C12H16N4O2S/c1-8(2)4-16-10(13-6-15-16)5-18-12(17)11-9(3)14-7-19-11/h6-8H,4-5H2,1-3H3. The molecule has 0 aliphatic rings. The summed E-state index contributed by atoms with van der Waals surface area (Å²) in [5.74, 6) is 0.753. The number of aryl methyl sites for hydroxylation is 1. The van der Waals surface area contributed by atoms with E-state index in [1.54, 1.807) is 17.1 Å². The molecule has 0 amide bonds. The van der Waals surface area contributed by atoms with Crippen molar-refractivity contribution in [2.45, 2.75) is 33.9 Å². The molecule has 0 fully saturated rings. The van der Waals surface area contributed by atoms with E-state index in [1.807, 2.05) is 0 Å². The molecule has 0 N–H and O–H groups in total. The second kappa shape index (κ2) is 5.92. The van der Waals surface area contributed by atoms with Crippen LogP contribution in [-0.4, -0.2) is 25.7 Å². The van der Waals surface area contributed by atoms with Gasteiger partial charge in [-0.15, -0.1) is 11.3 Å². The second-order valence-electron chi connectivity index (χ2n) is 4.60. The first kappa shape index (κ1) is 13.7. The molecule has 0 unspecified atom stereocenters. The third-order valence-electron chi connectivity index (χ3n) is 2.50. The number of esters is 1. The molecule has 0 radical (unpaired) electrons. The van der Waals surface area contributed by atoms with Crippen LogP contribution in [0.4, 0.5) is 0 Å². The lowest BCUT2D eigenvalue weighted by Gasteiger charge is -2.08. The summed E-state index contributed by atoms with van der Waals surface area (Å²) >= 11 is 1.28. The Morgan fingerprint density at radius 2 is 2.26 bits per heavy atom. The molecule has 2 heterocycles. The Bertz CT molecular complexity index is 562. The first-order valence-corrected chi connectivity index (χ1v) is 6.89. The topological polar surface area (TPSA) is 69.9 Å². The molecule has 2 aromatic heterocycles. The first-order chi connectivity index (χ1) is 9.08. The van der Waals surface area contributed by atoms with E-state index in [4.69, 9.17) is 4.74 Å². The fourth-order valence-corrected chi connectivity index (χ4v) is 2.29. The average Bonchev–Trinajstić information content (AvgIpc) is 2.94. The summed E-state index contributed by atoms with van der Waals surface area (Å²) in [6.07, 6.45) is 1.48. The maximum atomic E-state index is 11.8. The lowest BCUT2D eigenvalue weighted by atomic mass is 10.2. The monoisotopic (exact) mass is 280 g/mol. The number of ether oxygens (including phenoxy) is 1. The summed E-state index contributed by atoms with van der Waals surface area (Å²) in [4.78, 5) is 20.5. The van der Waals surface area contributed by atoms with Crippen LogP contribution in [0, 0.1) is 12.8 Å². The molecule has 0 aromatic carbocycles. The van der Waals surface area contributed by atoms with Crippen molar-refractivity contribution in [3.05, 3.63) is 28.2 Å². The highest BCUT2D eigenvalue weighted by Crippen LogP contribution is 2.14. The molecule has 19 heavy (non-hydrogen) atoms. The van der Waals surface area contributed by atoms with E-state index in [1.165, 1.54) is 17.7 Å². The summed E-state index contributed by atoms with van der Waals surface area (Å²) in [7, 11) is 0. The largest absolute Gasteiger partial charge is 0.453 e. The lowest BCUT2D eigenvalue weighted by molar-refractivity contribution is 0.0460. The van der Waals surface area contributed by atoms with Gasteiger partial charge in [-0.1, -0.05) is 13.8 Å². The predicted octanol–water partition coefficient (Wildman–Crippen LogP) is 2.06. The minimum Gasteiger partial charge on any atom is -0.453 e. The Morgan fingerprint density at radius 3 is 2.89 bits per heavy atom. The van der Waals surface area contributed by atoms with E-state index >= 15 is 0 Å². The molecular formula is C12H16N4O2S. The summed E-state index contributed by atoms with van der Waals surface area (Å²) < 4.78 is 7.00. The van der Waals surface area contributed by atoms with Gasteiger partial charge in [0, 0.05) is 6.54 Å². The first-order valence-electron chi connectivity index (χ1n) is 6.01. The van der Waals surface area contributed by atoms with Crippen LogP contribution >= 0.6 is 11.3 Å². The smallest absolute Gasteiger partial charge is 0.350 e. The highest BCUT2D eigenvalue weighted by molar-refractivity contribution is 7.11. The van der Waals surface area contributed by atoms with E-state index in [0.717, 1.165) is 6.54 Å². The number of hydrogen-bond donors (Lipinski definition) is 0. The molecule has 0 aliphatic heterocycles. The molecular weight excluding hydrogens is 264 g/mol. The van der Waals surface area contributed by atoms with E-state index in [0.29, 0.717) is 22.3 Å². The Kier molecular flexibility index (Phi) is 4.26. The summed E-state index contributed by atoms with van der Waals surface area (Å²) in [5.41, 5.74) is 2.33. The predicted molar refractivity (Wildman–Crippen MR) is 70.8 cm³/mol. The van der Waals surface area contributed by atoms with Gasteiger partial charge in [0.2, 0.25) is 0 Å². The van der Waals surface area contributed by atoms with Gasteiger partial charge in [-0.05, 0) is 12.8 Å². The molecule has 6 nitrogen and oxygen atoms in total. The van der Waals surface area contributed by atoms with Crippen molar-refractivity contribution in [3.8, 4) is 0 Å². The number of carbonyl (C=O) groups is 1. The highest BCUT2D eigenvalue weighted by Gasteiger charge is 2.15. The Morgan fingerprint density at radius 1 is 1.47 bits per heavy atom. The molecule has 2 aromatic rings. The molecule has 0 saturated heterocycles. The van der Waals surface area contributed by atoms with Crippen molar-refractivity contribution >= 4 is 17.3 Å². The molecule has 0 atom stereocenters. The van der Waals surface area contributed by atoms with Crippen molar-refractivity contribution in [3.63, 3.8) is 0 Å². The minimum absolute atomic E-state index is 0.128. The Hall–Kier alpha value is -1.76. The Labute approximate surface area is 115 Å². The van der Waals surface area contributed by atoms with Gasteiger partial charge in [-0.3, -0.25) is 0 Å². The second-order valence-corrected chi connectivity index (χ2v) is 5.45. The zero-order chi connectivity index (χ0) is 13.8. The normalized spacial score (nSPS) is 10.9. The zero-order valence-electron chi connectivity index (χ0n) is 11.2. The van der Waals surface area contributed by atoms with Gasteiger partial charge in [0.05, 0.1) is 11.2 Å². The average molecular weight is 280 g/mol. The third-order valence-corrected chi connectivity index (χ3v) is 3.41. The van der Waals surface area contributed by atoms with Gasteiger partial charge in [0.15, 0.2) is 12.4 Å². The number of hydrogen-bond acceptors (Lipinski definition) is 6. The van der Waals surface area contributed by atoms with Crippen LogP contribution in [-0.2, 0) is 17.9 Å². The van der Waals surface area contributed by atoms with Gasteiger partial charge in [0.25, 0.3) is 0 Å². The third kappa shape index (κ3) is 3.37. The number of rotatable bonds is 5. The van der Waals surface area contributed by atoms with Crippen molar-refractivity contribution in [2.24, 2.45) is 5.92 Å². The van der Waals surface area contributed by atoms with Crippen molar-refractivity contribution in [1.82, 2.24) is 19.7 Å². The van der Waals surface area contributed by atoms with Gasteiger partial charge in [-0.2, -0.15) is 5.10 Å². The fourth-order valence-electron chi connectivity index (χ4n) is 1.59. The number of aromatic nitrogens is 4. The number of carbonyl (C=O) groups excluding carboxylic acids is 1. The van der Waals surface area contributed by atoms with E-state index in [-0.39, 0.29) is 12.6 Å². The van der Waals surface area contributed by atoms with Gasteiger partial charge in [0.1, 0.15) is 11.2 Å². The molecule has 0 bridgehead atoms. The highest BCUT2D eigenvalue weighted by atomic mass is 32.1. The van der Waals surface area contributed by atoms with E-state index in [9.17, 15) is 4.79 Å². The van der Waals surface area contributed by atoms with Crippen LogP contribution < -0.4 is 0 Å². The van der Waals surface area contributed by atoms with Crippen LogP contribution in [0.5, 0.6) is 0 Å². The molecule has 2 rings (SSSR count). The van der Waals surface area contributed by atoms with Gasteiger partial charge >= 0.3 is 5.97 Å². The van der Waals surface area contributed by atoms with Crippen molar-refractivity contribution < 1.29 is 9.53 Å². The summed E-state index contributed by atoms with van der Waals surface area (Å²) in [5, 5.41) is 4.12. The SMILES string of the molecule is Cc1ncsc1C(=O)OCc1ncnn1CC(C)C. The zero-order valence-corrected chi connectivity index (χ0v) is 12.0. The van der Waals surface area contributed by atoms with Crippen LogP contribution in [0.15, 0.2) is 11.8 Å².